The van der Waals surface area contributed by atoms with E-state index in [1.165, 1.54) is 19.3 Å². The first-order chi connectivity index (χ1) is 8.18. The average Bonchev–Trinajstić information content (AvgIpc) is 2.30. The van der Waals surface area contributed by atoms with Crippen molar-refractivity contribution in [2.75, 3.05) is 6.61 Å². The zero-order valence-corrected chi connectivity index (χ0v) is 11.7. The lowest BCUT2D eigenvalue weighted by Crippen LogP contribution is -2.42. The Bertz CT molecular complexity index is 361. The fraction of sp³-hybridized carbons (Fsp3) is 0.571. The second-order valence-electron chi connectivity index (χ2n) is 4.98. The van der Waals surface area contributed by atoms with Gasteiger partial charge in [-0.25, -0.2) is 0 Å². The SMILES string of the molecule is NC1(CCOc2cccc(Br)c2)CCCCC1. The van der Waals surface area contributed by atoms with Crippen molar-refractivity contribution >= 4 is 15.9 Å². The lowest BCUT2D eigenvalue weighted by Gasteiger charge is -2.33. The van der Waals surface area contributed by atoms with E-state index in [0.717, 1.165) is 29.5 Å². The van der Waals surface area contributed by atoms with Gasteiger partial charge in [0.25, 0.3) is 0 Å². The first-order valence-electron chi connectivity index (χ1n) is 6.35. The number of ether oxygens (including phenoxy) is 1. The number of nitrogens with two attached hydrogens (primary N) is 1. The highest BCUT2D eigenvalue weighted by molar-refractivity contribution is 9.10. The van der Waals surface area contributed by atoms with Crippen LogP contribution in [0.25, 0.3) is 0 Å². The van der Waals surface area contributed by atoms with Gasteiger partial charge in [-0.05, 0) is 37.5 Å². The van der Waals surface area contributed by atoms with Gasteiger partial charge < -0.3 is 10.5 Å². The molecular formula is C14H20BrNO. The maximum absolute atomic E-state index is 6.36. The summed E-state index contributed by atoms with van der Waals surface area (Å²) in [4.78, 5) is 0. The molecule has 3 heteroatoms. The maximum atomic E-state index is 6.36. The van der Waals surface area contributed by atoms with E-state index in [1.807, 2.05) is 24.3 Å². The number of hydrogen-bond donors (Lipinski definition) is 1. The quantitative estimate of drug-likeness (QED) is 0.915. The minimum atomic E-state index is 0.0181. The third kappa shape index (κ3) is 4.00. The molecule has 0 unspecified atom stereocenters. The lowest BCUT2D eigenvalue weighted by atomic mass is 9.80. The number of halogens is 1. The monoisotopic (exact) mass is 297 g/mol. The predicted octanol–water partition coefficient (Wildman–Crippen LogP) is 3.88. The Morgan fingerprint density at radius 3 is 2.71 bits per heavy atom. The highest BCUT2D eigenvalue weighted by Gasteiger charge is 2.26. The van der Waals surface area contributed by atoms with E-state index in [4.69, 9.17) is 10.5 Å². The topological polar surface area (TPSA) is 35.2 Å². The van der Waals surface area contributed by atoms with Crippen LogP contribution in [0.15, 0.2) is 28.7 Å². The molecule has 1 fully saturated rings. The molecule has 0 amide bonds. The van der Waals surface area contributed by atoms with Crippen LogP contribution in [-0.2, 0) is 0 Å². The van der Waals surface area contributed by atoms with Crippen LogP contribution >= 0.6 is 15.9 Å². The second kappa shape index (κ2) is 5.87. The lowest BCUT2D eigenvalue weighted by molar-refractivity contribution is 0.214. The summed E-state index contributed by atoms with van der Waals surface area (Å²) in [6.07, 6.45) is 7.13. The molecule has 1 aliphatic carbocycles. The highest BCUT2D eigenvalue weighted by Crippen LogP contribution is 2.29. The maximum Gasteiger partial charge on any atom is 0.120 e. The summed E-state index contributed by atoms with van der Waals surface area (Å²) >= 11 is 3.44. The molecule has 0 bridgehead atoms. The van der Waals surface area contributed by atoms with Crippen molar-refractivity contribution < 1.29 is 4.74 Å². The van der Waals surface area contributed by atoms with Gasteiger partial charge in [-0.2, -0.15) is 0 Å². The van der Waals surface area contributed by atoms with Crippen molar-refractivity contribution in [1.82, 2.24) is 0 Å². The molecule has 0 aromatic heterocycles. The number of hydrogen-bond acceptors (Lipinski definition) is 2. The van der Waals surface area contributed by atoms with E-state index >= 15 is 0 Å². The van der Waals surface area contributed by atoms with E-state index in [-0.39, 0.29) is 5.54 Å². The van der Waals surface area contributed by atoms with E-state index in [0.29, 0.717) is 6.61 Å². The fourth-order valence-corrected chi connectivity index (χ4v) is 2.81. The molecule has 2 N–H and O–H groups in total. The molecular weight excluding hydrogens is 278 g/mol. The van der Waals surface area contributed by atoms with Crippen molar-refractivity contribution in [2.24, 2.45) is 5.73 Å². The molecule has 2 rings (SSSR count). The second-order valence-corrected chi connectivity index (χ2v) is 5.89. The van der Waals surface area contributed by atoms with Gasteiger partial charge in [0.15, 0.2) is 0 Å². The first kappa shape index (κ1) is 12.9. The largest absolute Gasteiger partial charge is 0.493 e. The minimum absolute atomic E-state index is 0.0181. The van der Waals surface area contributed by atoms with Crippen LogP contribution in [0.5, 0.6) is 5.75 Å². The third-order valence-electron chi connectivity index (χ3n) is 3.51. The molecule has 0 atom stereocenters. The molecule has 1 aromatic carbocycles. The van der Waals surface area contributed by atoms with Gasteiger partial charge in [-0.1, -0.05) is 41.3 Å². The van der Waals surface area contributed by atoms with Gasteiger partial charge in [0.05, 0.1) is 6.61 Å². The van der Waals surface area contributed by atoms with Crippen LogP contribution in [0.4, 0.5) is 0 Å². The third-order valence-corrected chi connectivity index (χ3v) is 4.01. The average molecular weight is 298 g/mol. The van der Waals surface area contributed by atoms with Crippen LogP contribution < -0.4 is 10.5 Å². The van der Waals surface area contributed by atoms with Crippen LogP contribution in [0.2, 0.25) is 0 Å². The van der Waals surface area contributed by atoms with E-state index in [1.54, 1.807) is 0 Å². The van der Waals surface area contributed by atoms with Crippen LogP contribution in [-0.4, -0.2) is 12.1 Å². The van der Waals surface area contributed by atoms with E-state index in [2.05, 4.69) is 15.9 Å². The fourth-order valence-electron chi connectivity index (χ4n) is 2.43. The minimum Gasteiger partial charge on any atom is -0.493 e. The molecule has 1 aliphatic rings. The van der Waals surface area contributed by atoms with E-state index in [9.17, 15) is 0 Å². The molecule has 0 spiro atoms. The molecule has 0 aliphatic heterocycles. The Kier molecular flexibility index (Phi) is 4.46. The zero-order valence-electron chi connectivity index (χ0n) is 10.1. The Labute approximate surface area is 112 Å². The molecule has 2 nitrogen and oxygen atoms in total. The van der Waals surface area contributed by atoms with Crippen molar-refractivity contribution in [3.8, 4) is 5.75 Å². The van der Waals surface area contributed by atoms with Gasteiger partial charge in [0, 0.05) is 10.0 Å². The summed E-state index contributed by atoms with van der Waals surface area (Å²) < 4.78 is 6.80. The van der Waals surface area contributed by atoms with Gasteiger partial charge in [0.1, 0.15) is 5.75 Å². The Balaban J connectivity index is 1.79. The normalized spacial score (nSPS) is 18.9. The Morgan fingerprint density at radius 2 is 2.00 bits per heavy atom. The van der Waals surface area contributed by atoms with Crippen molar-refractivity contribution in [1.29, 1.82) is 0 Å². The standard InChI is InChI=1S/C14H20BrNO/c15-12-5-4-6-13(11-12)17-10-9-14(16)7-2-1-3-8-14/h4-6,11H,1-3,7-10,16H2. The van der Waals surface area contributed by atoms with Crippen molar-refractivity contribution in [3.63, 3.8) is 0 Å². The summed E-state index contributed by atoms with van der Waals surface area (Å²) in [6, 6.07) is 7.95. The number of benzene rings is 1. The van der Waals surface area contributed by atoms with Crippen LogP contribution in [0.1, 0.15) is 38.5 Å². The molecule has 0 radical (unpaired) electrons. The molecule has 94 valence electrons. The van der Waals surface area contributed by atoms with Gasteiger partial charge in [0.2, 0.25) is 0 Å². The van der Waals surface area contributed by atoms with Crippen LogP contribution in [0.3, 0.4) is 0 Å². The summed E-state index contributed by atoms with van der Waals surface area (Å²) in [5, 5.41) is 0. The van der Waals surface area contributed by atoms with Crippen LogP contribution in [0, 0.1) is 0 Å². The Morgan fingerprint density at radius 1 is 1.24 bits per heavy atom. The molecule has 0 saturated heterocycles. The smallest absolute Gasteiger partial charge is 0.120 e. The molecule has 1 saturated carbocycles. The summed E-state index contributed by atoms with van der Waals surface area (Å²) in [6.45, 7) is 0.715. The predicted molar refractivity (Wildman–Crippen MR) is 74.3 cm³/mol. The molecule has 17 heavy (non-hydrogen) atoms. The summed E-state index contributed by atoms with van der Waals surface area (Å²) in [5.41, 5.74) is 6.38. The first-order valence-corrected chi connectivity index (χ1v) is 7.15. The van der Waals surface area contributed by atoms with Gasteiger partial charge >= 0.3 is 0 Å². The number of rotatable bonds is 4. The van der Waals surface area contributed by atoms with Gasteiger partial charge in [-0.15, -0.1) is 0 Å². The van der Waals surface area contributed by atoms with Crippen molar-refractivity contribution in [2.45, 2.75) is 44.1 Å². The molecule has 1 aromatic rings. The molecule has 0 heterocycles. The summed E-state index contributed by atoms with van der Waals surface area (Å²) in [7, 11) is 0. The van der Waals surface area contributed by atoms with Crippen molar-refractivity contribution in [3.05, 3.63) is 28.7 Å². The zero-order chi connectivity index (χ0) is 12.1. The van der Waals surface area contributed by atoms with E-state index < -0.39 is 0 Å². The van der Waals surface area contributed by atoms with Gasteiger partial charge in [-0.3, -0.25) is 0 Å². The Hall–Kier alpha value is -0.540. The summed E-state index contributed by atoms with van der Waals surface area (Å²) in [5.74, 6) is 0.916. The highest BCUT2D eigenvalue weighted by atomic mass is 79.9.